The predicted molar refractivity (Wildman–Crippen MR) is 161 cm³/mol. The van der Waals surface area contributed by atoms with Gasteiger partial charge in [0.25, 0.3) is 5.91 Å². The van der Waals surface area contributed by atoms with Gasteiger partial charge in [0.1, 0.15) is 5.75 Å². The number of halogens is 3. The molecule has 1 aromatic heterocycles. The first-order valence-corrected chi connectivity index (χ1v) is 14.9. The van der Waals surface area contributed by atoms with Gasteiger partial charge in [-0.2, -0.15) is 13.2 Å². The van der Waals surface area contributed by atoms with E-state index in [1.54, 1.807) is 7.11 Å². The first-order chi connectivity index (χ1) is 20.7. The maximum Gasteiger partial charge on any atom is 0.416 e. The van der Waals surface area contributed by atoms with Crippen molar-refractivity contribution < 1.29 is 22.7 Å². The number of piperazine rings is 1. The largest absolute Gasteiger partial charge is 0.497 e. The van der Waals surface area contributed by atoms with E-state index >= 15 is 0 Å². The summed E-state index contributed by atoms with van der Waals surface area (Å²) in [5.74, 6) is 1.37. The maximum absolute atomic E-state index is 13.3. The lowest BCUT2D eigenvalue weighted by atomic mass is 9.93. The summed E-state index contributed by atoms with van der Waals surface area (Å²) in [6.07, 6.45) is -2.15. The van der Waals surface area contributed by atoms with Crippen molar-refractivity contribution in [3.8, 4) is 5.75 Å². The average Bonchev–Trinajstić information content (AvgIpc) is 3.45. The summed E-state index contributed by atoms with van der Waals surface area (Å²) in [4.78, 5) is 23.5. The topological polar surface area (TPSA) is 51.8 Å². The van der Waals surface area contributed by atoms with E-state index in [-0.39, 0.29) is 5.91 Å². The van der Waals surface area contributed by atoms with Gasteiger partial charge in [0.05, 0.1) is 12.7 Å². The lowest BCUT2D eigenvalue weighted by Gasteiger charge is -2.34. The van der Waals surface area contributed by atoms with Crippen molar-refractivity contribution in [2.45, 2.75) is 38.0 Å². The average molecular weight is 591 g/mol. The highest BCUT2D eigenvalue weighted by Crippen LogP contribution is 2.32. The van der Waals surface area contributed by atoms with Gasteiger partial charge >= 0.3 is 6.18 Å². The fourth-order valence-electron chi connectivity index (χ4n) is 6.25. The van der Waals surface area contributed by atoms with Crippen LogP contribution in [0.2, 0.25) is 0 Å². The van der Waals surface area contributed by atoms with Gasteiger partial charge in [-0.15, -0.1) is 0 Å². The molecule has 0 radical (unpaired) electrons. The Kier molecular flexibility index (Phi) is 8.45. The van der Waals surface area contributed by atoms with Gasteiger partial charge in [0.2, 0.25) is 0 Å². The Labute approximate surface area is 250 Å². The van der Waals surface area contributed by atoms with Crippen molar-refractivity contribution in [3.63, 3.8) is 0 Å². The zero-order chi connectivity index (χ0) is 30.0. The van der Waals surface area contributed by atoms with Crippen molar-refractivity contribution in [2.24, 2.45) is 0 Å². The van der Waals surface area contributed by atoms with Gasteiger partial charge in [-0.25, -0.2) is 0 Å². The number of nitrogens with one attached hydrogen (secondary N) is 1. The summed E-state index contributed by atoms with van der Waals surface area (Å²) in [5.41, 5.74) is 4.47. The number of hydrogen-bond donors (Lipinski definition) is 1. The van der Waals surface area contributed by atoms with Crippen LogP contribution in [0.4, 0.5) is 13.2 Å². The van der Waals surface area contributed by atoms with Gasteiger partial charge in [0.15, 0.2) is 0 Å². The molecule has 0 unspecified atom stereocenters. The van der Waals surface area contributed by atoms with Crippen LogP contribution < -0.4 is 4.74 Å². The smallest absolute Gasteiger partial charge is 0.416 e. The van der Waals surface area contributed by atoms with Crippen LogP contribution in [0.1, 0.15) is 51.5 Å². The highest BCUT2D eigenvalue weighted by atomic mass is 19.4. The molecule has 3 aromatic carbocycles. The Balaban J connectivity index is 1.01. The molecule has 2 aliphatic rings. The normalized spacial score (nSPS) is 17.4. The number of ether oxygens (including phenoxy) is 1. The number of piperidine rings is 1. The van der Waals surface area contributed by atoms with Crippen LogP contribution in [-0.4, -0.2) is 72.0 Å². The minimum Gasteiger partial charge on any atom is -0.497 e. The SMILES string of the molecule is COc1ccc(CN2CCC(c3cc4cc(C(=O)N5CCN(Cc6ccc(C(F)(F)F)cc6)CC5)ccc4[nH]3)CC2)cc1. The van der Waals surface area contributed by atoms with E-state index in [1.165, 1.54) is 23.4 Å². The molecular formula is C34H37F3N4O2. The lowest BCUT2D eigenvalue weighted by Crippen LogP contribution is -2.48. The molecule has 2 saturated heterocycles. The van der Waals surface area contributed by atoms with Crippen molar-refractivity contribution in [3.05, 3.63) is 101 Å². The number of fused-ring (bicyclic) bond motifs is 1. The number of aromatic amines is 1. The van der Waals surface area contributed by atoms with Gasteiger partial charge in [-0.05, 0) is 85.6 Å². The van der Waals surface area contributed by atoms with Crippen LogP contribution in [0.5, 0.6) is 5.75 Å². The molecule has 0 atom stereocenters. The number of hydrogen-bond acceptors (Lipinski definition) is 4. The third-order valence-corrected chi connectivity index (χ3v) is 8.83. The molecule has 6 rings (SSSR count). The molecule has 0 aliphatic carbocycles. The first-order valence-electron chi connectivity index (χ1n) is 14.9. The van der Waals surface area contributed by atoms with Crippen LogP contribution in [0.3, 0.4) is 0 Å². The van der Waals surface area contributed by atoms with E-state index in [0.29, 0.717) is 44.2 Å². The molecule has 2 aliphatic heterocycles. The molecule has 1 N–H and O–H groups in total. The van der Waals surface area contributed by atoms with E-state index in [0.717, 1.165) is 66.8 Å². The Morgan fingerprint density at radius 3 is 2.02 bits per heavy atom. The molecule has 43 heavy (non-hydrogen) atoms. The number of benzene rings is 3. The van der Waals surface area contributed by atoms with Gasteiger partial charge in [0, 0.05) is 67.3 Å². The number of likely N-dealkylation sites (tertiary alicyclic amines) is 1. The Morgan fingerprint density at radius 2 is 1.42 bits per heavy atom. The van der Waals surface area contributed by atoms with Crippen molar-refractivity contribution in [1.82, 2.24) is 19.7 Å². The zero-order valence-corrected chi connectivity index (χ0v) is 24.4. The molecule has 2 fully saturated rings. The number of carbonyl (C=O) groups excluding carboxylic acids is 1. The first kappa shape index (κ1) is 29.3. The standard InChI is InChI=1S/C34H37F3N4O2/c1-43-30-9-4-25(5-10-30)22-39-14-12-26(13-15-39)32-21-28-20-27(6-11-31(28)38-32)33(42)41-18-16-40(17-19-41)23-24-2-7-29(8-3-24)34(35,36)37/h2-11,20-21,26,38H,12-19,22-23H2,1H3. The second kappa shape index (κ2) is 12.4. The molecule has 3 heterocycles. The van der Waals surface area contributed by atoms with Crippen LogP contribution in [0.25, 0.3) is 10.9 Å². The van der Waals surface area contributed by atoms with E-state index in [2.05, 4.69) is 33.0 Å². The summed E-state index contributed by atoms with van der Waals surface area (Å²) in [5, 5.41) is 1.06. The molecule has 9 heteroatoms. The van der Waals surface area contributed by atoms with E-state index in [1.807, 2.05) is 35.2 Å². The van der Waals surface area contributed by atoms with Gasteiger partial charge in [-0.3, -0.25) is 14.6 Å². The fraction of sp³-hybridized carbons (Fsp3) is 0.382. The molecule has 6 nitrogen and oxygen atoms in total. The summed E-state index contributed by atoms with van der Waals surface area (Å²) < 4.78 is 43.8. The molecule has 4 aromatic rings. The van der Waals surface area contributed by atoms with Crippen LogP contribution in [0.15, 0.2) is 72.8 Å². The quantitative estimate of drug-likeness (QED) is 0.266. The van der Waals surface area contributed by atoms with Crippen LogP contribution in [-0.2, 0) is 19.3 Å². The summed E-state index contributed by atoms with van der Waals surface area (Å²) in [7, 11) is 1.68. The number of methoxy groups -OCH3 is 1. The number of carbonyl (C=O) groups is 1. The molecule has 0 bridgehead atoms. The van der Waals surface area contributed by atoms with E-state index in [9.17, 15) is 18.0 Å². The molecule has 1 amide bonds. The summed E-state index contributed by atoms with van der Waals surface area (Å²) in [6, 6.07) is 21.7. The monoisotopic (exact) mass is 590 g/mol. The Bertz CT molecular complexity index is 1530. The maximum atomic E-state index is 13.3. The highest BCUT2D eigenvalue weighted by Gasteiger charge is 2.30. The van der Waals surface area contributed by atoms with Crippen LogP contribution >= 0.6 is 0 Å². The third kappa shape index (κ3) is 6.89. The summed E-state index contributed by atoms with van der Waals surface area (Å²) in [6.45, 7) is 6.13. The van der Waals surface area contributed by atoms with Gasteiger partial charge in [-0.1, -0.05) is 24.3 Å². The Hall–Kier alpha value is -3.82. The second-order valence-electron chi connectivity index (χ2n) is 11.7. The number of nitrogens with zero attached hydrogens (tertiary/aromatic N) is 3. The number of amides is 1. The Morgan fingerprint density at radius 1 is 0.814 bits per heavy atom. The fourth-order valence-corrected chi connectivity index (χ4v) is 6.25. The molecular weight excluding hydrogens is 553 g/mol. The molecule has 0 spiro atoms. The molecule has 0 saturated carbocycles. The number of H-pyrrole nitrogens is 1. The number of rotatable bonds is 7. The lowest BCUT2D eigenvalue weighted by molar-refractivity contribution is -0.137. The van der Waals surface area contributed by atoms with Crippen molar-refractivity contribution in [2.75, 3.05) is 46.4 Å². The number of alkyl halides is 3. The highest BCUT2D eigenvalue weighted by molar-refractivity contribution is 5.98. The van der Waals surface area contributed by atoms with E-state index in [4.69, 9.17) is 4.74 Å². The summed E-state index contributed by atoms with van der Waals surface area (Å²) >= 11 is 0. The van der Waals surface area contributed by atoms with Crippen molar-refractivity contribution >= 4 is 16.8 Å². The van der Waals surface area contributed by atoms with E-state index < -0.39 is 11.7 Å². The van der Waals surface area contributed by atoms with Crippen LogP contribution in [0, 0.1) is 0 Å². The zero-order valence-electron chi connectivity index (χ0n) is 24.4. The minimum atomic E-state index is -4.33. The van der Waals surface area contributed by atoms with Gasteiger partial charge < -0.3 is 14.6 Å². The number of aromatic nitrogens is 1. The minimum absolute atomic E-state index is 0.0191. The molecule has 226 valence electrons. The second-order valence-corrected chi connectivity index (χ2v) is 11.7. The third-order valence-electron chi connectivity index (χ3n) is 8.83. The predicted octanol–water partition coefficient (Wildman–Crippen LogP) is 6.53. The van der Waals surface area contributed by atoms with Crippen molar-refractivity contribution in [1.29, 1.82) is 0 Å².